The van der Waals surface area contributed by atoms with Crippen LogP contribution in [0, 0.1) is 11.8 Å². The minimum atomic E-state index is -1.53. The molecular formula is C37H52N6O11. The van der Waals surface area contributed by atoms with E-state index in [9.17, 15) is 48.9 Å². The number of carbonyl (C=O) groups is 7. The maximum atomic E-state index is 13.7. The molecule has 11 N–H and O–H groups in total. The number of nitrogens with one attached hydrogen (secondary N) is 5. The summed E-state index contributed by atoms with van der Waals surface area (Å²) in [6.45, 7) is 6.62. The van der Waals surface area contributed by atoms with E-state index in [2.05, 4.69) is 26.6 Å². The number of phenolic OH excluding ortho intramolecular Hbond substituents is 2. The summed E-state index contributed by atoms with van der Waals surface area (Å²) in [5.74, 6) is -6.63. The number of aliphatic carboxylic acids is 2. The molecule has 0 unspecified atom stereocenters. The molecule has 0 saturated heterocycles. The number of carboxylic acids is 2. The van der Waals surface area contributed by atoms with Crippen molar-refractivity contribution in [3.63, 3.8) is 0 Å². The maximum absolute atomic E-state index is 13.7. The Bertz CT molecular complexity index is 1600. The van der Waals surface area contributed by atoms with Crippen LogP contribution < -0.4 is 32.3 Å². The molecule has 2 aromatic carbocycles. The van der Waals surface area contributed by atoms with Crippen molar-refractivity contribution in [2.45, 2.75) is 96.4 Å². The van der Waals surface area contributed by atoms with Crippen LogP contribution in [-0.2, 0) is 46.4 Å². The molecule has 17 heteroatoms. The highest BCUT2D eigenvalue weighted by Crippen LogP contribution is 2.14. The lowest BCUT2D eigenvalue weighted by Gasteiger charge is -2.26. The van der Waals surface area contributed by atoms with Crippen LogP contribution in [0.25, 0.3) is 0 Å². The van der Waals surface area contributed by atoms with E-state index >= 15 is 0 Å². The van der Waals surface area contributed by atoms with Gasteiger partial charge in [0.25, 0.3) is 0 Å². The monoisotopic (exact) mass is 756 g/mol. The lowest BCUT2D eigenvalue weighted by atomic mass is 10.00. The van der Waals surface area contributed by atoms with Gasteiger partial charge in [0.1, 0.15) is 35.7 Å². The maximum Gasteiger partial charge on any atom is 0.326 e. The second-order valence-electron chi connectivity index (χ2n) is 13.9. The van der Waals surface area contributed by atoms with Gasteiger partial charge in [-0.25, -0.2) is 4.79 Å². The number of hydrogen-bond acceptors (Lipinski definition) is 10. The second kappa shape index (κ2) is 21.7. The largest absolute Gasteiger partial charge is 0.508 e. The van der Waals surface area contributed by atoms with Crippen LogP contribution in [-0.4, -0.2) is 98.7 Å². The standard InChI is InChI=1S/C37H52N6O11/c1-20(2)15-28(42-33(49)26(38)17-22-5-9-24(44)10-6-22)34(50)39-19-31(46)40-30(18-23-7-11-25(45)12-8-23)36(52)43-29(16-21(3)4)35(51)41-27(37(53)54)13-14-32(47)48/h5-12,20-21,26-30,44-45H,13-19,38H2,1-4H3,(H,39,50)(H,40,46)(H,41,51)(H,42,49)(H,43,52)(H,47,48)(H,53,54)/t26-,27-,28-,29-,30-/m0/s1. The van der Waals surface area contributed by atoms with Crippen molar-refractivity contribution in [3.05, 3.63) is 59.7 Å². The Balaban J connectivity index is 2.18. The Labute approximate surface area is 313 Å². The summed E-state index contributed by atoms with van der Waals surface area (Å²) in [5, 5.41) is 50.2. The molecule has 0 spiro atoms. The number of amides is 5. The highest BCUT2D eigenvalue weighted by molar-refractivity contribution is 5.95. The molecule has 0 bridgehead atoms. The van der Waals surface area contributed by atoms with Crippen LogP contribution in [0.15, 0.2) is 48.5 Å². The molecule has 296 valence electrons. The van der Waals surface area contributed by atoms with Gasteiger partial charge in [-0.1, -0.05) is 52.0 Å². The Kier molecular flexibility index (Phi) is 17.9. The van der Waals surface area contributed by atoms with Crippen molar-refractivity contribution in [2.75, 3.05) is 6.54 Å². The summed E-state index contributed by atoms with van der Waals surface area (Å²) in [5.41, 5.74) is 7.30. The fourth-order valence-electron chi connectivity index (χ4n) is 5.35. The van der Waals surface area contributed by atoms with Crippen LogP contribution >= 0.6 is 0 Å². The fraction of sp³-hybridized carbons (Fsp3) is 0.486. The zero-order valence-corrected chi connectivity index (χ0v) is 30.8. The molecule has 5 atom stereocenters. The molecule has 0 aromatic heterocycles. The molecule has 0 radical (unpaired) electrons. The van der Waals surface area contributed by atoms with E-state index < -0.39 is 91.1 Å². The van der Waals surface area contributed by atoms with Crippen LogP contribution in [0.3, 0.4) is 0 Å². The molecule has 0 aliphatic carbocycles. The fourth-order valence-corrected chi connectivity index (χ4v) is 5.35. The lowest BCUT2D eigenvalue weighted by molar-refractivity contribution is -0.143. The van der Waals surface area contributed by atoms with Gasteiger partial charge in [0, 0.05) is 12.8 Å². The van der Waals surface area contributed by atoms with E-state index in [1.54, 1.807) is 26.0 Å². The number of carboxylic acid groups (broad SMARTS) is 2. The average molecular weight is 757 g/mol. The van der Waals surface area contributed by atoms with Crippen LogP contribution in [0.5, 0.6) is 11.5 Å². The normalized spacial score (nSPS) is 13.8. The number of phenols is 2. The molecule has 0 aliphatic rings. The third-order valence-electron chi connectivity index (χ3n) is 8.12. The molecule has 54 heavy (non-hydrogen) atoms. The highest BCUT2D eigenvalue weighted by Gasteiger charge is 2.31. The predicted octanol–water partition coefficient (Wildman–Crippen LogP) is 0.307. The van der Waals surface area contributed by atoms with Crippen LogP contribution in [0.2, 0.25) is 0 Å². The van der Waals surface area contributed by atoms with Gasteiger partial charge in [-0.2, -0.15) is 0 Å². The number of rotatable bonds is 22. The van der Waals surface area contributed by atoms with Crippen molar-refractivity contribution in [2.24, 2.45) is 17.6 Å². The van der Waals surface area contributed by atoms with E-state index in [4.69, 9.17) is 10.8 Å². The average Bonchev–Trinajstić information content (AvgIpc) is 3.09. The molecule has 0 heterocycles. The number of hydrogen-bond donors (Lipinski definition) is 10. The number of benzene rings is 2. The molecule has 2 aromatic rings. The van der Waals surface area contributed by atoms with E-state index in [0.29, 0.717) is 11.1 Å². The second-order valence-corrected chi connectivity index (χ2v) is 13.9. The Morgan fingerprint density at radius 2 is 1.04 bits per heavy atom. The molecule has 2 rings (SSSR count). The molecule has 0 fully saturated rings. The first-order valence-electron chi connectivity index (χ1n) is 17.6. The minimum Gasteiger partial charge on any atom is -0.508 e. The summed E-state index contributed by atoms with van der Waals surface area (Å²) < 4.78 is 0. The topological polar surface area (TPSA) is 287 Å². The first-order valence-corrected chi connectivity index (χ1v) is 17.6. The van der Waals surface area contributed by atoms with E-state index in [1.807, 2.05) is 13.8 Å². The SMILES string of the molecule is CC(C)C[C@H](NC(=O)[C@H](Cc1ccc(O)cc1)NC(=O)CNC(=O)[C@H](CC(C)C)NC(=O)[C@@H](N)Cc1ccc(O)cc1)C(=O)N[C@@H](CCC(=O)O)C(=O)O. The Morgan fingerprint density at radius 1 is 0.593 bits per heavy atom. The Morgan fingerprint density at radius 3 is 1.52 bits per heavy atom. The van der Waals surface area contributed by atoms with Gasteiger partial charge in [-0.05, 0) is 72.9 Å². The third kappa shape index (κ3) is 16.3. The predicted molar refractivity (Wildman–Crippen MR) is 196 cm³/mol. The first-order chi connectivity index (χ1) is 25.3. The van der Waals surface area contributed by atoms with Gasteiger partial charge < -0.3 is 52.7 Å². The molecular weight excluding hydrogens is 704 g/mol. The van der Waals surface area contributed by atoms with Gasteiger partial charge in [0.2, 0.25) is 29.5 Å². The van der Waals surface area contributed by atoms with Gasteiger partial charge in [0.05, 0.1) is 12.6 Å². The van der Waals surface area contributed by atoms with Gasteiger partial charge in [-0.3, -0.25) is 28.8 Å². The molecule has 0 aliphatic heterocycles. The quantitative estimate of drug-likeness (QED) is 0.0777. The lowest BCUT2D eigenvalue weighted by Crippen LogP contribution is -2.57. The Hall–Kier alpha value is -5.71. The zero-order valence-electron chi connectivity index (χ0n) is 30.8. The van der Waals surface area contributed by atoms with Crippen molar-refractivity contribution < 1.29 is 54.0 Å². The summed E-state index contributed by atoms with van der Waals surface area (Å²) in [6.07, 6.45) is -0.592. The smallest absolute Gasteiger partial charge is 0.326 e. The van der Waals surface area contributed by atoms with E-state index in [0.717, 1.165) is 0 Å². The van der Waals surface area contributed by atoms with E-state index in [1.165, 1.54) is 36.4 Å². The summed E-state index contributed by atoms with van der Waals surface area (Å²) in [4.78, 5) is 88.9. The minimum absolute atomic E-state index is 0.0412. The third-order valence-corrected chi connectivity index (χ3v) is 8.12. The molecule has 0 saturated carbocycles. The van der Waals surface area contributed by atoms with Crippen LogP contribution in [0.1, 0.15) is 64.5 Å². The molecule has 5 amide bonds. The van der Waals surface area contributed by atoms with Crippen LogP contribution in [0.4, 0.5) is 0 Å². The highest BCUT2D eigenvalue weighted by atomic mass is 16.4. The summed E-state index contributed by atoms with van der Waals surface area (Å²) >= 11 is 0. The number of carbonyl (C=O) groups excluding carboxylic acids is 5. The van der Waals surface area contributed by atoms with Crippen molar-refractivity contribution >= 4 is 41.5 Å². The number of aromatic hydroxyl groups is 2. The van der Waals surface area contributed by atoms with Crippen molar-refractivity contribution in [1.29, 1.82) is 0 Å². The zero-order chi connectivity index (χ0) is 40.5. The van der Waals surface area contributed by atoms with E-state index in [-0.39, 0.29) is 49.0 Å². The summed E-state index contributed by atoms with van der Waals surface area (Å²) in [6, 6.07) is 5.80. The van der Waals surface area contributed by atoms with Gasteiger partial charge in [-0.15, -0.1) is 0 Å². The van der Waals surface area contributed by atoms with Gasteiger partial charge in [0.15, 0.2) is 0 Å². The summed E-state index contributed by atoms with van der Waals surface area (Å²) in [7, 11) is 0. The van der Waals surface area contributed by atoms with Gasteiger partial charge >= 0.3 is 11.9 Å². The number of nitrogens with two attached hydrogens (primary N) is 1. The molecule has 17 nitrogen and oxygen atoms in total. The van der Waals surface area contributed by atoms with Crippen molar-refractivity contribution in [3.8, 4) is 11.5 Å². The first kappa shape index (κ1) is 44.5. The van der Waals surface area contributed by atoms with Crippen molar-refractivity contribution in [1.82, 2.24) is 26.6 Å².